The van der Waals surface area contributed by atoms with Gasteiger partial charge in [0.25, 0.3) is 5.91 Å². The van der Waals surface area contributed by atoms with Crippen molar-refractivity contribution >= 4 is 53.3 Å². The molecule has 3 nitrogen and oxygen atoms in total. The summed E-state index contributed by atoms with van der Waals surface area (Å²) in [5, 5.41) is 3.83. The predicted octanol–water partition coefficient (Wildman–Crippen LogP) is 4.24. The highest BCUT2D eigenvalue weighted by atomic mass is 35.5. The molecule has 0 heterocycles. The van der Waals surface area contributed by atoms with Crippen molar-refractivity contribution in [2.75, 3.05) is 12.8 Å². The average molecular weight is 372 g/mol. The second-order valence-corrected chi connectivity index (χ2v) is 6.66. The second-order valence-electron chi connectivity index (χ2n) is 5.00. The van der Waals surface area contributed by atoms with E-state index < -0.39 is 0 Å². The topological polar surface area (TPSA) is 55.1 Å². The quantitative estimate of drug-likeness (QED) is 0.735. The smallest absolute Gasteiger partial charge is 0.253 e. The van der Waals surface area contributed by atoms with Gasteiger partial charge in [0.05, 0.1) is 15.6 Å². The van der Waals surface area contributed by atoms with Crippen LogP contribution >= 0.6 is 47.4 Å². The molecule has 1 unspecified atom stereocenters. The third kappa shape index (κ3) is 6.25. The molecule has 1 rings (SSSR count). The number of rotatable bonds is 6. The van der Waals surface area contributed by atoms with Crippen LogP contribution in [0.15, 0.2) is 17.0 Å². The van der Waals surface area contributed by atoms with Gasteiger partial charge >= 0.3 is 0 Å². The van der Waals surface area contributed by atoms with Gasteiger partial charge in [-0.1, -0.05) is 37.0 Å². The highest BCUT2D eigenvalue weighted by Crippen LogP contribution is 2.31. The van der Waals surface area contributed by atoms with Crippen LogP contribution in [0, 0.1) is 5.92 Å². The highest BCUT2D eigenvalue weighted by molar-refractivity contribution is 7.98. The number of nitrogens with two attached hydrogens (primary N) is 1. The normalized spacial score (nSPS) is 12.0. The largest absolute Gasteiger partial charge is 0.348 e. The van der Waals surface area contributed by atoms with E-state index in [1.54, 1.807) is 12.1 Å². The Hall–Kier alpha value is -0.130. The number of hydrogen-bond acceptors (Lipinski definition) is 3. The minimum atomic E-state index is -0.210. The summed E-state index contributed by atoms with van der Waals surface area (Å²) in [6.07, 6.45) is 2.74. The molecule has 1 amide bonds. The van der Waals surface area contributed by atoms with Crippen LogP contribution in [0.1, 0.15) is 30.6 Å². The second kappa shape index (κ2) is 9.80. The van der Waals surface area contributed by atoms with Gasteiger partial charge in [-0.05, 0) is 30.7 Å². The summed E-state index contributed by atoms with van der Waals surface area (Å²) < 4.78 is 0. The van der Waals surface area contributed by atoms with Crippen LogP contribution in [0.2, 0.25) is 10.0 Å². The standard InChI is InChI=1S/C14H20Cl2N2OS.ClH/c1-8(2)4-9(7-17)18-14(19)10-5-13(20-3)12(16)6-11(10)15;/h5-6,8-9H,4,7,17H2,1-3H3,(H,18,19);1H. The molecule has 0 bridgehead atoms. The van der Waals surface area contributed by atoms with Crippen molar-refractivity contribution in [3.8, 4) is 0 Å². The number of thioether (sulfide) groups is 1. The van der Waals surface area contributed by atoms with E-state index in [1.165, 1.54) is 11.8 Å². The molecule has 0 aromatic heterocycles. The summed E-state index contributed by atoms with van der Waals surface area (Å²) in [4.78, 5) is 13.1. The van der Waals surface area contributed by atoms with Gasteiger partial charge in [0.2, 0.25) is 0 Å². The number of hydrogen-bond donors (Lipinski definition) is 2. The fraction of sp³-hybridized carbons (Fsp3) is 0.500. The van der Waals surface area contributed by atoms with Gasteiger partial charge in [-0.15, -0.1) is 24.2 Å². The molecule has 0 fully saturated rings. The summed E-state index contributed by atoms with van der Waals surface area (Å²) in [5.74, 6) is 0.254. The molecule has 21 heavy (non-hydrogen) atoms. The van der Waals surface area contributed by atoms with Crippen molar-refractivity contribution in [2.24, 2.45) is 11.7 Å². The fourth-order valence-corrected chi connectivity index (χ4v) is 3.10. The van der Waals surface area contributed by atoms with E-state index in [-0.39, 0.29) is 24.4 Å². The van der Waals surface area contributed by atoms with E-state index in [0.29, 0.717) is 28.1 Å². The van der Waals surface area contributed by atoms with Crippen molar-refractivity contribution in [1.29, 1.82) is 0 Å². The van der Waals surface area contributed by atoms with E-state index in [2.05, 4.69) is 19.2 Å². The maximum absolute atomic E-state index is 12.3. The molecule has 0 aliphatic rings. The molecular formula is C14H21Cl3N2OS. The zero-order chi connectivity index (χ0) is 15.3. The first-order valence-corrected chi connectivity index (χ1v) is 8.41. The summed E-state index contributed by atoms with van der Waals surface area (Å²) in [7, 11) is 0. The number of carbonyl (C=O) groups is 1. The Morgan fingerprint density at radius 2 is 1.95 bits per heavy atom. The maximum atomic E-state index is 12.3. The minimum Gasteiger partial charge on any atom is -0.348 e. The van der Waals surface area contributed by atoms with Crippen LogP contribution in [0.3, 0.4) is 0 Å². The van der Waals surface area contributed by atoms with Crippen molar-refractivity contribution in [1.82, 2.24) is 5.32 Å². The third-order valence-electron chi connectivity index (χ3n) is 2.86. The summed E-state index contributed by atoms with van der Waals surface area (Å²) in [5.41, 5.74) is 6.13. The molecule has 1 aromatic rings. The highest BCUT2D eigenvalue weighted by Gasteiger charge is 2.17. The van der Waals surface area contributed by atoms with Crippen molar-refractivity contribution in [2.45, 2.75) is 31.2 Å². The Labute approximate surface area is 146 Å². The van der Waals surface area contributed by atoms with Gasteiger partial charge in [0.1, 0.15) is 0 Å². The third-order valence-corrected chi connectivity index (χ3v) is 4.38. The number of amides is 1. The van der Waals surface area contributed by atoms with Gasteiger partial charge in [0, 0.05) is 17.5 Å². The zero-order valence-corrected chi connectivity index (χ0v) is 15.4. The van der Waals surface area contributed by atoms with E-state index in [1.807, 2.05) is 6.26 Å². The lowest BCUT2D eigenvalue weighted by molar-refractivity contribution is 0.0933. The van der Waals surface area contributed by atoms with Crippen LogP contribution < -0.4 is 11.1 Å². The molecule has 0 aliphatic heterocycles. The predicted molar refractivity (Wildman–Crippen MR) is 95.3 cm³/mol. The Morgan fingerprint density at radius 1 is 1.33 bits per heavy atom. The van der Waals surface area contributed by atoms with Crippen LogP contribution in [-0.2, 0) is 0 Å². The summed E-state index contributed by atoms with van der Waals surface area (Å²) in [6, 6.07) is 3.27. The first-order chi connectivity index (χ1) is 9.38. The Bertz CT molecular complexity index is 484. The lowest BCUT2D eigenvalue weighted by Crippen LogP contribution is -2.41. The number of nitrogens with one attached hydrogen (secondary N) is 1. The molecular weight excluding hydrogens is 351 g/mol. The van der Waals surface area contributed by atoms with Gasteiger partial charge in [0.15, 0.2) is 0 Å². The lowest BCUT2D eigenvalue weighted by Gasteiger charge is -2.19. The molecule has 0 spiro atoms. The first kappa shape index (κ1) is 20.9. The minimum absolute atomic E-state index is 0. The first-order valence-electron chi connectivity index (χ1n) is 6.43. The van der Waals surface area contributed by atoms with E-state index in [9.17, 15) is 4.79 Å². The van der Waals surface area contributed by atoms with Gasteiger partial charge in [-0.25, -0.2) is 0 Å². The molecule has 1 atom stereocenters. The maximum Gasteiger partial charge on any atom is 0.253 e. The zero-order valence-electron chi connectivity index (χ0n) is 12.3. The molecule has 3 N–H and O–H groups in total. The number of carbonyl (C=O) groups excluding carboxylic acids is 1. The van der Waals surface area contributed by atoms with Crippen molar-refractivity contribution in [3.63, 3.8) is 0 Å². The van der Waals surface area contributed by atoms with Gasteiger partial charge < -0.3 is 11.1 Å². The molecule has 0 radical (unpaired) electrons. The van der Waals surface area contributed by atoms with Crippen molar-refractivity contribution < 1.29 is 4.79 Å². The monoisotopic (exact) mass is 370 g/mol. The summed E-state index contributed by atoms with van der Waals surface area (Å²) >= 11 is 13.6. The molecule has 1 aromatic carbocycles. The van der Waals surface area contributed by atoms with Crippen LogP contribution in [0.25, 0.3) is 0 Å². The molecule has 0 aliphatic carbocycles. The van der Waals surface area contributed by atoms with E-state index in [4.69, 9.17) is 28.9 Å². The fourth-order valence-electron chi connectivity index (χ4n) is 1.91. The van der Waals surface area contributed by atoms with Gasteiger partial charge in [-0.3, -0.25) is 4.79 Å². The summed E-state index contributed by atoms with van der Waals surface area (Å²) in [6.45, 7) is 4.59. The molecule has 0 saturated heterocycles. The molecule has 0 saturated carbocycles. The Morgan fingerprint density at radius 3 is 2.43 bits per heavy atom. The SMILES string of the molecule is CSc1cc(C(=O)NC(CN)CC(C)C)c(Cl)cc1Cl.Cl. The average Bonchev–Trinajstić information content (AvgIpc) is 2.37. The van der Waals surface area contributed by atoms with E-state index in [0.717, 1.165) is 11.3 Å². The lowest BCUT2D eigenvalue weighted by atomic mass is 10.0. The Balaban J connectivity index is 0.00000400. The molecule has 120 valence electrons. The number of halogens is 3. The van der Waals surface area contributed by atoms with Crippen molar-refractivity contribution in [3.05, 3.63) is 27.7 Å². The van der Waals surface area contributed by atoms with E-state index >= 15 is 0 Å². The number of benzene rings is 1. The van der Waals surface area contributed by atoms with Crippen LogP contribution in [0.4, 0.5) is 0 Å². The Kier molecular flexibility index (Phi) is 9.74. The van der Waals surface area contributed by atoms with Crippen LogP contribution in [-0.4, -0.2) is 24.7 Å². The van der Waals surface area contributed by atoms with Gasteiger partial charge in [-0.2, -0.15) is 0 Å². The molecule has 7 heteroatoms. The van der Waals surface area contributed by atoms with Crippen LogP contribution in [0.5, 0.6) is 0 Å².